The zero-order valence-corrected chi connectivity index (χ0v) is 9.62. The Morgan fingerprint density at radius 3 is 2.79 bits per heavy atom. The van der Waals surface area contributed by atoms with E-state index in [1.165, 1.54) is 19.4 Å². The molecule has 14 heavy (non-hydrogen) atoms. The molecule has 3 nitrogen and oxygen atoms in total. The van der Waals surface area contributed by atoms with Gasteiger partial charge >= 0.3 is 0 Å². The van der Waals surface area contributed by atoms with Crippen LogP contribution in [0.25, 0.3) is 0 Å². The summed E-state index contributed by atoms with van der Waals surface area (Å²) in [5.74, 6) is 0.285. The number of likely N-dealkylation sites (tertiary alicyclic amines) is 1. The van der Waals surface area contributed by atoms with Crippen LogP contribution in [0.1, 0.15) is 32.6 Å². The topological polar surface area (TPSA) is 23.6 Å². The van der Waals surface area contributed by atoms with Crippen LogP contribution in [0.2, 0.25) is 0 Å². The smallest absolute Gasteiger partial charge is 0.222 e. The van der Waals surface area contributed by atoms with Crippen LogP contribution < -0.4 is 0 Å². The lowest BCUT2D eigenvalue weighted by atomic mass is 10.2. The van der Waals surface area contributed by atoms with E-state index < -0.39 is 0 Å². The van der Waals surface area contributed by atoms with E-state index in [0.29, 0.717) is 12.5 Å². The molecule has 1 rings (SSSR count). The molecular formula is C11H22N2O. The number of likely N-dealkylation sites (N-methyl/N-ethyl adjacent to an activating group) is 2. The Morgan fingerprint density at radius 2 is 2.29 bits per heavy atom. The summed E-state index contributed by atoms with van der Waals surface area (Å²) in [6.07, 6.45) is 4.15. The second-order valence-electron chi connectivity index (χ2n) is 4.30. The van der Waals surface area contributed by atoms with Gasteiger partial charge in [-0.2, -0.15) is 0 Å². The quantitative estimate of drug-likeness (QED) is 0.680. The van der Waals surface area contributed by atoms with Gasteiger partial charge in [0.15, 0.2) is 0 Å². The number of hydrogen-bond acceptors (Lipinski definition) is 2. The standard InChI is InChI=1S/C11H22N2O/c1-4-6-11(14)13(3)9-10-7-5-8-12(10)2/h10H,4-9H2,1-3H3. The summed E-state index contributed by atoms with van der Waals surface area (Å²) in [6, 6.07) is 0.584. The van der Waals surface area contributed by atoms with Gasteiger partial charge in [-0.05, 0) is 32.9 Å². The van der Waals surface area contributed by atoms with Gasteiger partial charge in [-0.25, -0.2) is 0 Å². The van der Waals surface area contributed by atoms with Crippen molar-refractivity contribution < 1.29 is 4.79 Å². The Kier molecular flexibility index (Phi) is 4.39. The van der Waals surface area contributed by atoms with Crippen molar-refractivity contribution in [2.24, 2.45) is 0 Å². The van der Waals surface area contributed by atoms with Crippen LogP contribution in [0.3, 0.4) is 0 Å². The van der Waals surface area contributed by atoms with Crippen molar-refractivity contribution in [3.63, 3.8) is 0 Å². The van der Waals surface area contributed by atoms with E-state index in [-0.39, 0.29) is 5.91 Å². The maximum Gasteiger partial charge on any atom is 0.222 e. The highest BCUT2D eigenvalue weighted by molar-refractivity contribution is 5.75. The Hall–Kier alpha value is -0.570. The molecule has 1 saturated heterocycles. The molecule has 82 valence electrons. The second kappa shape index (κ2) is 5.35. The Balaban J connectivity index is 2.32. The van der Waals surface area contributed by atoms with Gasteiger partial charge in [0.25, 0.3) is 0 Å². The summed E-state index contributed by atoms with van der Waals surface area (Å²) in [7, 11) is 4.07. The van der Waals surface area contributed by atoms with Crippen LogP contribution in [0.15, 0.2) is 0 Å². The second-order valence-corrected chi connectivity index (χ2v) is 4.30. The molecule has 1 amide bonds. The van der Waals surface area contributed by atoms with Crippen molar-refractivity contribution in [2.45, 2.75) is 38.6 Å². The number of hydrogen-bond donors (Lipinski definition) is 0. The highest BCUT2D eigenvalue weighted by atomic mass is 16.2. The van der Waals surface area contributed by atoms with Gasteiger partial charge in [-0.3, -0.25) is 4.79 Å². The normalized spacial score (nSPS) is 22.6. The van der Waals surface area contributed by atoms with Crippen LogP contribution >= 0.6 is 0 Å². The van der Waals surface area contributed by atoms with E-state index in [0.717, 1.165) is 13.0 Å². The average Bonchev–Trinajstić information content (AvgIpc) is 2.52. The minimum absolute atomic E-state index is 0.285. The lowest BCUT2D eigenvalue weighted by Gasteiger charge is -2.25. The molecule has 0 aromatic rings. The van der Waals surface area contributed by atoms with Crippen LogP contribution in [-0.4, -0.2) is 48.9 Å². The number of rotatable bonds is 4. The number of nitrogens with zero attached hydrogens (tertiary/aromatic N) is 2. The van der Waals surface area contributed by atoms with Gasteiger partial charge in [0, 0.05) is 26.1 Å². The van der Waals surface area contributed by atoms with Crippen LogP contribution in [0.4, 0.5) is 0 Å². The van der Waals surface area contributed by atoms with Gasteiger partial charge in [0.05, 0.1) is 0 Å². The van der Waals surface area contributed by atoms with E-state index in [1.807, 2.05) is 18.9 Å². The van der Waals surface area contributed by atoms with E-state index in [2.05, 4.69) is 11.9 Å². The minimum atomic E-state index is 0.285. The summed E-state index contributed by atoms with van der Waals surface area (Å²) in [6.45, 7) is 4.13. The van der Waals surface area contributed by atoms with Crippen molar-refractivity contribution in [1.29, 1.82) is 0 Å². The molecule has 0 aromatic heterocycles. The van der Waals surface area contributed by atoms with E-state index in [1.54, 1.807) is 0 Å². The summed E-state index contributed by atoms with van der Waals surface area (Å²) in [5, 5.41) is 0. The van der Waals surface area contributed by atoms with Gasteiger partial charge in [-0.1, -0.05) is 6.92 Å². The average molecular weight is 198 g/mol. The molecule has 1 fully saturated rings. The Morgan fingerprint density at radius 1 is 1.57 bits per heavy atom. The molecule has 1 aliphatic rings. The molecule has 3 heteroatoms. The molecule has 0 aromatic carbocycles. The zero-order valence-electron chi connectivity index (χ0n) is 9.62. The molecule has 0 bridgehead atoms. The summed E-state index contributed by atoms with van der Waals surface area (Å²) in [4.78, 5) is 15.8. The fraction of sp³-hybridized carbons (Fsp3) is 0.909. The fourth-order valence-corrected chi connectivity index (χ4v) is 2.03. The molecule has 1 unspecified atom stereocenters. The van der Waals surface area contributed by atoms with Crippen molar-refractivity contribution in [3.8, 4) is 0 Å². The lowest BCUT2D eigenvalue weighted by Crippen LogP contribution is -2.39. The highest BCUT2D eigenvalue weighted by Gasteiger charge is 2.23. The molecule has 1 atom stereocenters. The Labute approximate surface area is 87.1 Å². The van der Waals surface area contributed by atoms with Crippen molar-refractivity contribution >= 4 is 5.91 Å². The molecule has 0 saturated carbocycles. The first kappa shape index (κ1) is 11.5. The lowest BCUT2D eigenvalue weighted by molar-refractivity contribution is -0.130. The number of carbonyl (C=O) groups is 1. The molecular weight excluding hydrogens is 176 g/mol. The molecule has 1 aliphatic heterocycles. The van der Waals surface area contributed by atoms with Crippen LogP contribution in [0, 0.1) is 0 Å². The third-order valence-corrected chi connectivity index (χ3v) is 3.05. The third kappa shape index (κ3) is 2.98. The number of amides is 1. The minimum Gasteiger partial charge on any atom is -0.344 e. The predicted molar refractivity (Wildman–Crippen MR) is 58.2 cm³/mol. The first-order chi connectivity index (χ1) is 6.65. The predicted octanol–water partition coefficient (Wildman–Crippen LogP) is 1.34. The SMILES string of the molecule is CCCC(=O)N(C)CC1CCCN1C. The largest absolute Gasteiger partial charge is 0.344 e. The van der Waals surface area contributed by atoms with Gasteiger partial charge in [0.1, 0.15) is 0 Å². The van der Waals surface area contributed by atoms with Gasteiger partial charge in [-0.15, -0.1) is 0 Å². The van der Waals surface area contributed by atoms with Gasteiger partial charge in [0.2, 0.25) is 5.91 Å². The van der Waals surface area contributed by atoms with Crippen LogP contribution in [-0.2, 0) is 4.79 Å². The highest BCUT2D eigenvalue weighted by Crippen LogP contribution is 2.15. The summed E-state index contributed by atoms with van der Waals surface area (Å²) >= 11 is 0. The van der Waals surface area contributed by atoms with Gasteiger partial charge < -0.3 is 9.80 Å². The number of carbonyl (C=O) groups excluding carboxylic acids is 1. The molecule has 0 N–H and O–H groups in total. The summed E-state index contributed by atoms with van der Waals surface area (Å²) in [5.41, 5.74) is 0. The monoisotopic (exact) mass is 198 g/mol. The van der Waals surface area contributed by atoms with E-state index in [9.17, 15) is 4.79 Å². The first-order valence-corrected chi connectivity index (χ1v) is 5.59. The fourth-order valence-electron chi connectivity index (χ4n) is 2.03. The maximum absolute atomic E-state index is 11.5. The zero-order chi connectivity index (χ0) is 10.6. The van der Waals surface area contributed by atoms with Crippen molar-refractivity contribution in [3.05, 3.63) is 0 Å². The molecule has 0 radical (unpaired) electrons. The van der Waals surface area contributed by atoms with E-state index in [4.69, 9.17) is 0 Å². The third-order valence-electron chi connectivity index (χ3n) is 3.05. The Bertz CT molecular complexity index is 194. The molecule has 0 aliphatic carbocycles. The van der Waals surface area contributed by atoms with Crippen molar-refractivity contribution in [2.75, 3.05) is 27.2 Å². The maximum atomic E-state index is 11.5. The molecule has 1 heterocycles. The first-order valence-electron chi connectivity index (χ1n) is 5.59. The van der Waals surface area contributed by atoms with Crippen molar-refractivity contribution in [1.82, 2.24) is 9.80 Å². The van der Waals surface area contributed by atoms with Crippen LogP contribution in [0.5, 0.6) is 0 Å². The molecule has 0 spiro atoms. The summed E-state index contributed by atoms with van der Waals surface area (Å²) < 4.78 is 0. The van der Waals surface area contributed by atoms with E-state index >= 15 is 0 Å².